The van der Waals surface area contributed by atoms with Gasteiger partial charge in [-0.05, 0) is 24.4 Å². The molecular formula is C12H16ClN5O. The molecule has 19 heavy (non-hydrogen) atoms. The van der Waals surface area contributed by atoms with Crippen molar-refractivity contribution in [2.45, 2.75) is 18.9 Å². The second kappa shape index (κ2) is 5.71. The van der Waals surface area contributed by atoms with Gasteiger partial charge in [0.15, 0.2) is 0 Å². The van der Waals surface area contributed by atoms with Crippen molar-refractivity contribution in [2.75, 3.05) is 36.5 Å². The predicted molar refractivity (Wildman–Crippen MR) is 73.7 cm³/mol. The first kappa shape index (κ1) is 12.6. The van der Waals surface area contributed by atoms with Crippen LogP contribution in [-0.4, -0.2) is 47.3 Å². The molecule has 0 amide bonds. The highest BCUT2D eigenvalue weighted by Crippen LogP contribution is 2.18. The summed E-state index contributed by atoms with van der Waals surface area (Å²) in [7, 11) is 0. The van der Waals surface area contributed by atoms with Crippen LogP contribution in [0, 0.1) is 0 Å². The zero-order chi connectivity index (χ0) is 13.1. The van der Waals surface area contributed by atoms with Gasteiger partial charge in [0, 0.05) is 19.1 Å². The monoisotopic (exact) mass is 281 g/mol. The molecule has 1 aromatic heterocycles. The number of hydrogen-bond donors (Lipinski definition) is 1. The molecular weight excluding hydrogens is 266 g/mol. The third-order valence-corrected chi connectivity index (χ3v) is 3.40. The van der Waals surface area contributed by atoms with E-state index in [0.29, 0.717) is 31.2 Å². The summed E-state index contributed by atoms with van der Waals surface area (Å²) < 4.78 is 5.32. The minimum absolute atomic E-state index is 0.227. The summed E-state index contributed by atoms with van der Waals surface area (Å²) in [5, 5.41) is 3.52. The average Bonchev–Trinajstić information content (AvgIpc) is 2.92. The van der Waals surface area contributed by atoms with E-state index in [0.717, 1.165) is 25.9 Å². The van der Waals surface area contributed by atoms with Crippen LogP contribution in [0.2, 0.25) is 5.28 Å². The maximum Gasteiger partial charge on any atom is 0.231 e. The summed E-state index contributed by atoms with van der Waals surface area (Å²) in [4.78, 5) is 14.8. The van der Waals surface area contributed by atoms with E-state index < -0.39 is 0 Å². The van der Waals surface area contributed by atoms with E-state index >= 15 is 0 Å². The van der Waals surface area contributed by atoms with Crippen molar-refractivity contribution in [1.82, 2.24) is 15.0 Å². The van der Waals surface area contributed by atoms with Crippen LogP contribution in [0.4, 0.5) is 11.9 Å². The van der Waals surface area contributed by atoms with Crippen LogP contribution in [-0.2, 0) is 4.74 Å². The Hall–Kier alpha value is -1.40. The van der Waals surface area contributed by atoms with E-state index in [1.807, 2.05) is 0 Å². The minimum Gasteiger partial charge on any atom is -0.378 e. The summed E-state index contributed by atoms with van der Waals surface area (Å²) >= 11 is 5.98. The number of hydrogen-bond acceptors (Lipinski definition) is 6. The third-order valence-electron chi connectivity index (χ3n) is 3.23. The Labute approximate surface area is 116 Å². The molecule has 102 valence electrons. The number of aromatic nitrogens is 3. The van der Waals surface area contributed by atoms with Crippen molar-refractivity contribution >= 4 is 23.5 Å². The molecule has 0 unspecified atom stereocenters. The van der Waals surface area contributed by atoms with Gasteiger partial charge in [-0.1, -0.05) is 12.2 Å². The second-order valence-corrected chi connectivity index (χ2v) is 4.95. The molecule has 2 aliphatic rings. The van der Waals surface area contributed by atoms with Crippen molar-refractivity contribution in [3.63, 3.8) is 0 Å². The Kier molecular flexibility index (Phi) is 3.79. The quantitative estimate of drug-likeness (QED) is 0.847. The van der Waals surface area contributed by atoms with Gasteiger partial charge in [0.05, 0.1) is 13.2 Å². The molecule has 6 nitrogen and oxygen atoms in total. The zero-order valence-corrected chi connectivity index (χ0v) is 11.3. The largest absolute Gasteiger partial charge is 0.378 e. The molecule has 1 saturated heterocycles. The molecule has 0 saturated carbocycles. The van der Waals surface area contributed by atoms with Gasteiger partial charge < -0.3 is 15.0 Å². The maximum absolute atomic E-state index is 5.98. The number of morpholine rings is 1. The zero-order valence-electron chi connectivity index (χ0n) is 10.5. The molecule has 0 spiro atoms. The third kappa shape index (κ3) is 3.13. The molecule has 1 aromatic rings. The SMILES string of the molecule is Clc1nc(NC2CC=CC2)nc(N2CCOCC2)n1. The Morgan fingerprint density at radius 1 is 1.16 bits per heavy atom. The first-order valence-electron chi connectivity index (χ1n) is 6.47. The van der Waals surface area contributed by atoms with Gasteiger partial charge >= 0.3 is 0 Å². The van der Waals surface area contributed by atoms with Crippen LogP contribution >= 0.6 is 11.6 Å². The molecule has 0 bridgehead atoms. The lowest BCUT2D eigenvalue weighted by Gasteiger charge is -2.27. The molecule has 3 rings (SSSR count). The standard InChI is InChI=1S/C12H16ClN5O/c13-10-15-11(14-9-3-1-2-4-9)17-12(16-10)18-5-7-19-8-6-18/h1-2,9H,3-8H2,(H,14,15,16,17). The number of anilines is 2. The van der Waals surface area contributed by atoms with E-state index in [-0.39, 0.29) is 5.28 Å². The lowest BCUT2D eigenvalue weighted by molar-refractivity contribution is 0.122. The first-order chi connectivity index (χ1) is 9.31. The van der Waals surface area contributed by atoms with Gasteiger partial charge in [-0.3, -0.25) is 0 Å². The molecule has 0 atom stereocenters. The normalized spacial score (nSPS) is 19.9. The molecule has 2 heterocycles. The van der Waals surface area contributed by atoms with Gasteiger partial charge in [0.2, 0.25) is 17.2 Å². The molecule has 1 N–H and O–H groups in total. The van der Waals surface area contributed by atoms with Gasteiger partial charge in [-0.25, -0.2) is 0 Å². The number of rotatable bonds is 3. The Morgan fingerprint density at radius 2 is 1.89 bits per heavy atom. The lowest BCUT2D eigenvalue weighted by Crippen LogP contribution is -2.37. The maximum atomic E-state index is 5.98. The van der Waals surface area contributed by atoms with E-state index in [2.05, 4.69) is 37.3 Å². The van der Waals surface area contributed by atoms with Crippen molar-refractivity contribution in [3.8, 4) is 0 Å². The summed E-state index contributed by atoms with van der Waals surface area (Å²) in [5.74, 6) is 1.17. The van der Waals surface area contributed by atoms with Crippen LogP contribution in [0.15, 0.2) is 12.2 Å². The highest BCUT2D eigenvalue weighted by molar-refractivity contribution is 6.28. The summed E-state index contributed by atoms with van der Waals surface area (Å²) in [6.07, 6.45) is 6.30. The predicted octanol–water partition coefficient (Wildman–Crippen LogP) is 1.49. The number of nitrogens with zero attached hydrogens (tertiary/aromatic N) is 4. The van der Waals surface area contributed by atoms with Crippen LogP contribution in [0.3, 0.4) is 0 Å². The van der Waals surface area contributed by atoms with Gasteiger partial charge in [0.25, 0.3) is 0 Å². The average molecular weight is 282 g/mol. The van der Waals surface area contributed by atoms with Crippen molar-refractivity contribution in [1.29, 1.82) is 0 Å². The molecule has 7 heteroatoms. The highest BCUT2D eigenvalue weighted by atomic mass is 35.5. The van der Waals surface area contributed by atoms with Crippen molar-refractivity contribution in [2.24, 2.45) is 0 Å². The summed E-state index contributed by atoms with van der Waals surface area (Å²) in [6.45, 7) is 2.95. The summed E-state index contributed by atoms with van der Waals surface area (Å²) in [5.41, 5.74) is 0. The van der Waals surface area contributed by atoms with E-state index in [1.54, 1.807) is 0 Å². The van der Waals surface area contributed by atoms with Crippen LogP contribution in [0.25, 0.3) is 0 Å². The van der Waals surface area contributed by atoms with Crippen LogP contribution in [0.5, 0.6) is 0 Å². The Balaban J connectivity index is 1.74. The molecule has 1 aliphatic heterocycles. The molecule has 0 aromatic carbocycles. The van der Waals surface area contributed by atoms with Gasteiger partial charge in [-0.15, -0.1) is 0 Å². The fraction of sp³-hybridized carbons (Fsp3) is 0.583. The molecule has 1 fully saturated rings. The fourth-order valence-corrected chi connectivity index (χ4v) is 2.38. The smallest absolute Gasteiger partial charge is 0.231 e. The summed E-state index contributed by atoms with van der Waals surface area (Å²) in [6, 6.07) is 0.357. The highest BCUT2D eigenvalue weighted by Gasteiger charge is 2.17. The Morgan fingerprint density at radius 3 is 2.63 bits per heavy atom. The van der Waals surface area contributed by atoms with E-state index in [1.165, 1.54) is 0 Å². The van der Waals surface area contributed by atoms with Gasteiger partial charge in [0.1, 0.15) is 0 Å². The van der Waals surface area contributed by atoms with Crippen molar-refractivity contribution < 1.29 is 4.74 Å². The first-order valence-corrected chi connectivity index (χ1v) is 6.85. The topological polar surface area (TPSA) is 63.2 Å². The van der Waals surface area contributed by atoms with E-state index in [9.17, 15) is 0 Å². The van der Waals surface area contributed by atoms with Crippen LogP contribution in [0.1, 0.15) is 12.8 Å². The second-order valence-electron chi connectivity index (χ2n) is 4.61. The number of halogens is 1. The molecule has 1 aliphatic carbocycles. The van der Waals surface area contributed by atoms with Gasteiger partial charge in [-0.2, -0.15) is 15.0 Å². The Bertz CT molecular complexity index is 467. The molecule has 0 radical (unpaired) electrons. The number of nitrogens with one attached hydrogen (secondary N) is 1. The van der Waals surface area contributed by atoms with Crippen LogP contribution < -0.4 is 10.2 Å². The lowest BCUT2D eigenvalue weighted by atomic mass is 10.2. The fourth-order valence-electron chi connectivity index (χ4n) is 2.23. The number of ether oxygens (including phenoxy) is 1. The van der Waals surface area contributed by atoms with Crippen molar-refractivity contribution in [3.05, 3.63) is 17.4 Å². The minimum atomic E-state index is 0.227. The van der Waals surface area contributed by atoms with E-state index in [4.69, 9.17) is 16.3 Å².